The van der Waals surface area contributed by atoms with Crippen LogP contribution in [0.1, 0.15) is 63.5 Å². The van der Waals surface area contributed by atoms with E-state index in [1.165, 1.54) is 30.4 Å². The number of carbonyl (C=O) groups excluding carboxylic acids is 1. The van der Waals surface area contributed by atoms with Crippen LogP contribution in [0.5, 0.6) is 0 Å². The van der Waals surface area contributed by atoms with Gasteiger partial charge < -0.3 is 4.90 Å². The molecule has 0 aromatic heterocycles. The lowest BCUT2D eigenvalue weighted by Crippen LogP contribution is -2.44. The summed E-state index contributed by atoms with van der Waals surface area (Å²) < 4.78 is -0.912. The Labute approximate surface area is 166 Å². The predicted octanol–water partition coefficient (Wildman–Crippen LogP) is 4.84. The topological polar surface area (TPSA) is 23.3 Å². The van der Waals surface area contributed by atoms with E-state index in [9.17, 15) is 4.79 Å². The molecule has 142 valence electrons. The first kappa shape index (κ1) is 18.6. The largest absolute Gasteiger partial charge is 0.342 e. The molecule has 1 saturated carbocycles. The number of amides is 1. The molecule has 2 heterocycles. The monoisotopic (exact) mass is 394 g/mol. The Bertz CT molecular complexity index is 699. The van der Waals surface area contributed by atoms with E-state index in [1.54, 1.807) is 0 Å². The maximum Gasteiger partial charge on any atom is 0.209 e. The highest BCUT2D eigenvalue weighted by Gasteiger charge is 2.79. The fraction of sp³-hybridized carbons (Fsp3) is 0.667. The summed E-state index contributed by atoms with van der Waals surface area (Å²) in [6.07, 6.45) is 8.70. The lowest BCUT2D eigenvalue weighted by molar-refractivity contribution is -0.121. The summed E-state index contributed by atoms with van der Waals surface area (Å²) in [6, 6.07) is 8.88. The number of halogens is 2. The first-order valence-corrected chi connectivity index (χ1v) is 10.6. The molecule has 1 aromatic rings. The van der Waals surface area contributed by atoms with Crippen molar-refractivity contribution in [2.45, 2.75) is 80.4 Å². The average Bonchev–Trinajstić information content (AvgIpc) is 3.14. The van der Waals surface area contributed by atoms with Gasteiger partial charge in [0, 0.05) is 18.1 Å². The molecule has 3 nitrogen and oxygen atoms in total. The Hall–Kier alpha value is -0.770. The molecule has 4 rings (SSSR count). The van der Waals surface area contributed by atoms with Crippen LogP contribution in [-0.2, 0) is 16.8 Å². The Balaban J connectivity index is 1.62. The Morgan fingerprint density at radius 3 is 2.58 bits per heavy atom. The number of rotatable bonds is 5. The number of hydrogen-bond acceptors (Lipinski definition) is 2. The van der Waals surface area contributed by atoms with Gasteiger partial charge in [-0.05, 0) is 50.7 Å². The highest BCUT2D eigenvalue weighted by molar-refractivity contribution is 6.51. The van der Waals surface area contributed by atoms with Gasteiger partial charge in [-0.15, -0.1) is 0 Å². The van der Waals surface area contributed by atoms with Gasteiger partial charge >= 0.3 is 0 Å². The molecular formula is C21H28Cl2N2O. The van der Waals surface area contributed by atoms with Crippen LogP contribution in [0.25, 0.3) is 0 Å². The maximum atomic E-state index is 11.8. The minimum absolute atomic E-state index is 0.102. The molecule has 1 amide bonds. The molecule has 0 bridgehead atoms. The third kappa shape index (κ3) is 2.62. The minimum Gasteiger partial charge on any atom is -0.342 e. The lowest BCUT2D eigenvalue weighted by Gasteiger charge is -2.38. The fourth-order valence-corrected chi connectivity index (χ4v) is 6.79. The van der Waals surface area contributed by atoms with Gasteiger partial charge in [0.2, 0.25) is 6.41 Å². The highest BCUT2D eigenvalue weighted by Crippen LogP contribution is 2.71. The van der Waals surface area contributed by atoms with E-state index in [2.05, 4.69) is 43.0 Å². The van der Waals surface area contributed by atoms with Crippen molar-refractivity contribution in [1.29, 1.82) is 0 Å². The number of hydrogen-bond donors (Lipinski definition) is 0. The van der Waals surface area contributed by atoms with Crippen molar-refractivity contribution in [3.05, 3.63) is 35.4 Å². The molecule has 2 aliphatic heterocycles. The van der Waals surface area contributed by atoms with Gasteiger partial charge in [0.05, 0.1) is 5.54 Å². The predicted molar refractivity (Wildman–Crippen MR) is 106 cm³/mol. The van der Waals surface area contributed by atoms with Crippen LogP contribution in [0.15, 0.2) is 24.3 Å². The van der Waals surface area contributed by atoms with Gasteiger partial charge in [-0.1, -0.05) is 66.7 Å². The smallest absolute Gasteiger partial charge is 0.209 e. The molecule has 0 N–H and O–H groups in total. The quantitative estimate of drug-likeness (QED) is 0.308. The number of nitrogens with zero attached hydrogens (tertiary/aromatic N) is 2. The third-order valence-corrected chi connectivity index (χ3v) is 7.68. The van der Waals surface area contributed by atoms with E-state index in [0.717, 1.165) is 32.1 Å². The van der Waals surface area contributed by atoms with Gasteiger partial charge in [0.25, 0.3) is 0 Å². The molecule has 26 heavy (non-hydrogen) atoms. The van der Waals surface area contributed by atoms with E-state index < -0.39 is 10.00 Å². The minimum atomic E-state index is -0.912. The van der Waals surface area contributed by atoms with Gasteiger partial charge in [-0.3, -0.25) is 9.69 Å². The van der Waals surface area contributed by atoms with E-state index in [4.69, 9.17) is 23.2 Å². The standard InChI is InChI=1S/C21H28Cl2N2O/c1-19(2)14-16-8-6-7-11-18(16)20(21(22,23)25(19)20)12-13-24(15-26)17-9-4-3-5-10-17/h6-8,11,15,17H,3-5,9-10,12-14H2,1-2H3. The van der Waals surface area contributed by atoms with E-state index in [0.29, 0.717) is 12.6 Å². The molecule has 2 fully saturated rings. The first-order valence-electron chi connectivity index (χ1n) is 9.82. The van der Waals surface area contributed by atoms with Gasteiger partial charge in [0.1, 0.15) is 0 Å². The molecule has 1 aromatic carbocycles. The van der Waals surface area contributed by atoms with Crippen LogP contribution in [0.2, 0.25) is 0 Å². The summed E-state index contributed by atoms with van der Waals surface area (Å²) in [6.45, 7) is 5.13. The van der Waals surface area contributed by atoms with Crippen molar-refractivity contribution in [1.82, 2.24) is 9.80 Å². The van der Waals surface area contributed by atoms with Crippen molar-refractivity contribution in [2.75, 3.05) is 6.54 Å². The Morgan fingerprint density at radius 1 is 1.19 bits per heavy atom. The van der Waals surface area contributed by atoms with Crippen LogP contribution in [-0.4, -0.2) is 38.8 Å². The number of fused-ring (bicyclic) bond motifs is 3. The van der Waals surface area contributed by atoms with E-state index in [1.807, 2.05) is 4.90 Å². The summed E-state index contributed by atoms with van der Waals surface area (Å²) >= 11 is 13.8. The Morgan fingerprint density at radius 2 is 1.88 bits per heavy atom. The molecule has 3 aliphatic rings. The number of carbonyl (C=O) groups is 1. The van der Waals surface area contributed by atoms with Crippen molar-refractivity contribution < 1.29 is 4.79 Å². The van der Waals surface area contributed by atoms with Crippen LogP contribution in [0.3, 0.4) is 0 Å². The van der Waals surface area contributed by atoms with E-state index >= 15 is 0 Å². The number of benzene rings is 1. The molecule has 5 heteroatoms. The first-order chi connectivity index (χ1) is 12.3. The van der Waals surface area contributed by atoms with Crippen LogP contribution >= 0.6 is 23.2 Å². The zero-order valence-corrected chi connectivity index (χ0v) is 17.2. The molecule has 0 radical (unpaired) electrons. The average molecular weight is 395 g/mol. The fourth-order valence-electron chi connectivity index (χ4n) is 5.57. The lowest BCUT2D eigenvalue weighted by atomic mass is 9.80. The van der Waals surface area contributed by atoms with Crippen LogP contribution in [0.4, 0.5) is 0 Å². The summed E-state index contributed by atoms with van der Waals surface area (Å²) in [5, 5.41) is 0. The molecule has 2 unspecified atom stereocenters. The second-order valence-electron chi connectivity index (χ2n) is 8.77. The van der Waals surface area contributed by atoms with Crippen molar-refractivity contribution in [2.24, 2.45) is 0 Å². The molecule has 1 aliphatic carbocycles. The third-order valence-electron chi connectivity index (χ3n) is 6.71. The van der Waals surface area contributed by atoms with Gasteiger partial charge in [0.15, 0.2) is 4.46 Å². The van der Waals surface area contributed by atoms with Crippen LogP contribution < -0.4 is 0 Å². The summed E-state index contributed by atoms with van der Waals surface area (Å²) in [7, 11) is 0. The van der Waals surface area contributed by atoms with Crippen LogP contribution in [0, 0.1) is 0 Å². The maximum absolute atomic E-state index is 11.8. The molecule has 1 saturated heterocycles. The summed E-state index contributed by atoms with van der Waals surface area (Å²) in [5.41, 5.74) is 2.06. The van der Waals surface area contributed by atoms with E-state index in [-0.39, 0.29) is 5.54 Å². The van der Waals surface area contributed by atoms with Crippen molar-refractivity contribution in [3.8, 4) is 0 Å². The zero-order valence-electron chi connectivity index (χ0n) is 15.7. The second-order valence-corrected chi connectivity index (χ2v) is 10.1. The molecule has 0 spiro atoms. The van der Waals surface area contributed by atoms with Gasteiger partial charge in [-0.2, -0.15) is 0 Å². The molecular weight excluding hydrogens is 367 g/mol. The normalized spacial score (nSPS) is 31.6. The molecule has 2 atom stereocenters. The summed E-state index contributed by atoms with van der Waals surface area (Å²) in [5.74, 6) is 0. The second kappa shape index (κ2) is 6.39. The number of alkyl halides is 2. The zero-order chi connectivity index (χ0) is 18.6. The summed E-state index contributed by atoms with van der Waals surface area (Å²) in [4.78, 5) is 16.0. The highest BCUT2D eigenvalue weighted by atomic mass is 35.5. The SMILES string of the molecule is CC1(C)Cc2ccccc2C2(CCN(C=O)C3CCCCC3)N1C2(Cl)Cl. The van der Waals surface area contributed by atoms with Crippen molar-refractivity contribution >= 4 is 29.6 Å². The Kier molecular flexibility index (Phi) is 4.57. The van der Waals surface area contributed by atoms with Gasteiger partial charge in [-0.25, -0.2) is 0 Å². The van der Waals surface area contributed by atoms with Crippen molar-refractivity contribution in [3.63, 3.8) is 0 Å².